The molecular weight excluding hydrogens is 590 g/mol. The van der Waals surface area contributed by atoms with Crippen LogP contribution < -0.4 is 5.32 Å². The van der Waals surface area contributed by atoms with E-state index in [0.29, 0.717) is 18.1 Å². The molecule has 12 heteroatoms. The van der Waals surface area contributed by atoms with E-state index in [1.807, 2.05) is 48.7 Å². The number of imidazole rings is 1. The number of para-hydroxylation sites is 2. The van der Waals surface area contributed by atoms with Gasteiger partial charge in [0.05, 0.1) is 35.9 Å². The number of aryl methyl sites for hydroxylation is 1. The minimum absolute atomic E-state index is 0.0809. The third-order valence-electron chi connectivity index (χ3n) is 8.87. The van der Waals surface area contributed by atoms with Gasteiger partial charge in [0.1, 0.15) is 10.8 Å². The number of carbonyl (C=O) groups excluding carboxylic acids is 2. The van der Waals surface area contributed by atoms with Gasteiger partial charge in [-0.05, 0) is 50.1 Å². The van der Waals surface area contributed by atoms with Crippen molar-refractivity contribution in [2.75, 3.05) is 39.8 Å². The van der Waals surface area contributed by atoms with Crippen molar-refractivity contribution >= 4 is 34.2 Å². The molecule has 2 aliphatic heterocycles. The number of hydrogen-bond donors (Lipinski definition) is 3. The van der Waals surface area contributed by atoms with Crippen molar-refractivity contribution in [1.29, 1.82) is 0 Å². The van der Waals surface area contributed by atoms with Gasteiger partial charge < -0.3 is 29.9 Å². The van der Waals surface area contributed by atoms with Crippen molar-refractivity contribution < 1.29 is 19.8 Å². The zero-order valence-electron chi connectivity index (χ0n) is 25.8. The molecule has 0 spiro atoms. The fourth-order valence-electron chi connectivity index (χ4n) is 6.32. The normalized spacial score (nSPS) is 19.2. The summed E-state index contributed by atoms with van der Waals surface area (Å²) in [6.07, 6.45) is -2.20. The molecule has 0 aliphatic carbocycles. The van der Waals surface area contributed by atoms with Crippen LogP contribution in [0.1, 0.15) is 46.5 Å². The number of benzene rings is 2. The average molecular weight is 632 g/mol. The molecule has 6 rings (SSSR count). The van der Waals surface area contributed by atoms with E-state index in [9.17, 15) is 19.8 Å². The molecule has 3 atom stereocenters. The zero-order valence-corrected chi connectivity index (χ0v) is 26.6. The van der Waals surface area contributed by atoms with Crippen LogP contribution >= 0.6 is 11.3 Å². The Morgan fingerprint density at radius 3 is 2.62 bits per heavy atom. The average Bonchev–Trinajstić information content (AvgIpc) is 3.79. The molecule has 0 saturated carbocycles. The maximum atomic E-state index is 13.4. The predicted molar refractivity (Wildman–Crippen MR) is 172 cm³/mol. The Morgan fingerprint density at radius 1 is 1.00 bits per heavy atom. The highest BCUT2D eigenvalue weighted by molar-refractivity contribution is 7.09. The summed E-state index contributed by atoms with van der Waals surface area (Å²) >= 11 is 1.40. The van der Waals surface area contributed by atoms with Crippen LogP contribution in [0.3, 0.4) is 0 Å². The molecule has 0 bridgehead atoms. The molecule has 2 saturated heterocycles. The van der Waals surface area contributed by atoms with Gasteiger partial charge in [0, 0.05) is 44.6 Å². The molecule has 45 heavy (non-hydrogen) atoms. The minimum atomic E-state index is -1.89. The van der Waals surface area contributed by atoms with Crippen LogP contribution in [0, 0.1) is 6.92 Å². The van der Waals surface area contributed by atoms with E-state index in [1.165, 1.54) is 16.9 Å². The quantitative estimate of drug-likeness (QED) is 0.244. The number of thiazole rings is 1. The van der Waals surface area contributed by atoms with Crippen LogP contribution in [0.2, 0.25) is 0 Å². The monoisotopic (exact) mass is 631 g/mol. The van der Waals surface area contributed by atoms with Crippen LogP contribution in [-0.2, 0) is 29.2 Å². The summed E-state index contributed by atoms with van der Waals surface area (Å²) in [5.74, 6) is -0.558. The van der Waals surface area contributed by atoms with E-state index >= 15 is 0 Å². The Hall–Kier alpha value is -3.68. The number of rotatable bonds is 10. The number of fused-ring (bicyclic) bond motifs is 1. The molecule has 0 radical (unpaired) electrons. The first-order valence-electron chi connectivity index (χ1n) is 15.6. The Balaban J connectivity index is 1.03. The van der Waals surface area contributed by atoms with E-state index in [4.69, 9.17) is 0 Å². The van der Waals surface area contributed by atoms with Crippen molar-refractivity contribution in [1.82, 2.24) is 34.6 Å². The molecule has 2 aromatic carbocycles. The molecule has 2 aliphatic rings. The van der Waals surface area contributed by atoms with Crippen LogP contribution in [-0.4, -0.2) is 103 Å². The lowest BCUT2D eigenvalue weighted by molar-refractivity contribution is -0.153. The smallest absolute Gasteiger partial charge is 0.255 e. The van der Waals surface area contributed by atoms with Gasteiger partial charge in [0.2, 0.25) is 0 Å². The first-order valence-corrected chi connectivity index (χ1v) is 16.4. The summed E-state index contributed by atoms with van der Waals surface area (Å²) in [7, 11) is 2.14. The number of aromatic nitrogens is 3. The van der Waals surface area contributed by atoms with Crippen molar-refractivity contribution in [3.05, 3.63) is 81.6 Å². The lowest BCUT2D eigenvalue weighted by Gasteiger charge is -2.32. The van der Waals surface area contributed by atoms with Gasteiger partial charge >= 0.3 is 0 Å². The predicted octanol–water partition coefficient (Wildman–Crippen LogP) is 2.30. The molecule has 3 unspecified atom stereocenters. The van der Waals surface area contributed by atoms with Crippen molar-refractivity contribution in [2.24, 2.45) is 0 Å². The molecule has 4 aromatic rings. The van der Waals surface area contributed by atoms with Gasteiger partial charge in [-0.1, -0.05) is 36.4 Å². The summed E-state index contributed by atoms with van der Waals surface area (Å²) in [6, 6.07) is 16.0. The molecule has 2 aromatic heterocycles. The lowest BCUT2D eigenvalue weighted by Crippen LogP contribution is -2.50. The Morgan fingerprint density at radius 2 is 1.80 bits per heavy atom. The number of carbonyl (C=O) groups is 2. The first-order chi connectivity index (χ1) is 21.8. The van der Waals surface area contributed by atoms with Gasteiger partial charge in [-0.3, -0.25) is 14.5 Å². The van der Waals surface area contributed by atoms with E-state index in [1.54, 1.807) is 4.90 Å². The lowest BCUT2D eigenvalue weighted by atomic mass is 10.0. The molecule has 238 valence electrons. The molecule has 2 fully saturated rings. The number of nitrogens with zero attached hydrogens (tertiary/aromatic N) is 6. The molecule has 11 nitrogen and oxygen atoms in total. The number of aliphatic hydroxyl groups is 2. The minimum Gasteiger partial charge on any atom is -0.380 e. The summed E-state index contributed by atoms with van der Waals surface area (Å²) in [5, 5.41) is 26.7. The second-order valence-electron chi connectivity index (χ2n) is 12.1. The summed E-state index contributed by atoms with van der Waals surface area (Å²) in [6.45, 7) is 8.04. The Bertz CT molecular complexity index is 1650. The largest absolute Gasteiger partial charge is 0.380 e. The molecule has 2 amide bonds. The number of piperazine rings is 1. The molecule has 3 N–H and O–H groups in total. The number of aliphatic hydroxyl groups excluding tert-OH is 2. The number of likely N-dealkylation sites (tertiary alicyclic amines) is 1. The summed E-state index contributed by atoms with van der Waals surface area (Å²) in [5.41, 5.74) is 4.99. The SMILES string of the molecule is Cc1nc2ccccc2n1Cc1csc(CNC(=O)C(O)C(O)C(=O)N2CCCC2c2cccc(CN3CCN(C)CC3)c2)n1. The highest BCUT2D eigenvalue weighted by Gasteiger charge is 2.38. The standard InChI is InChI=1S/C33H41N7O4S/c1-22-35-26-9-3-4-10-28(26)40(22)20-25-21-45-29(36-25)18-34-32(43)30(41)31(42)33(44)39-12-6-11-27(39)24-8-5-7-23(17-24)19-38-15-13-37(2)14-16-38/h3-5,7-10,17,21,27,30-31,41-42H,6,11-16,18-20H2,1-2H3,(H,34,43). The fourth-order valence-corrected chi connectivity index (χ4v) is 7.04. The van der Waals surface area contributed by atoms with E-state index in [2.05, 4.69) is 48.8 Å². The van der Waals surface area contributed by atoms with Crippen molar-refractivity contribution in [3.8, 4) is 0 Å². The van der Waals surface area contributed by atoms with E-state index in [-0.39, 0.29) is 12.6 Å². The fraction of sp³-hybridized carbons (Fsp3) is 0.455. The third kappa shape index (κ3) is 7.10. The van der Waals surface area contributed by atoms with Crippen LogP contribution in [0.5, 0.6) is 0 Å². The topological polar surface area (TPSA) is 127 Å². The van der Waals surface area contributed by atoms with E-state index < -0.39 is 24.0 Å². The zero-order chi connectivity index (χ0) is 31.5. The third-order valence-corrected chi connectivity index (χ3v) is 9.77. The summed E-state index contributed by atoms with van der Waals surface area (Å²) < 4.78 is 2.09. The summed E-state index contributed by atoms with van der Waals surface area (Å²) in [4.78, 5) is 41.8. The maximum Gasteiger partial charge on any atom is 0.255 e. The molecule has 4 heterocycles. The van der Waals surface area contributed by atoms with Gasteiger partial charge in [0.15, 0.2) is 12.2 Å². The number of hydrogen-bond acceptors (Lipinski definition) is 9. The number of amides is 2. The van der Waals surface area contributed by atoms with E-state index in [0.717, 1.165) is 73.7 Å². The number of nitrogens with one attached hydrogen (secondary N) is 1. The van der Waals surface area contributed by atoms with Crippen LogP contribution in [0.4, 0.5) is 0 Å². The highest BCUT2D eigenvalue weighted by Crippen LogP contribution is 2.33. The second kappa shape index (κ2) is 13.8. The van der Waals surface area contributed by atoms with Crippen molar-refractivity contribution in [2.45, 2.75) is 57.6 Å². The number of likely N-dealkylation sites (N-methyl/N-ethyl adjacent to an activating group) is 1. The van der Waals surface area contributed by atoms with Crippen molar-refractivity contribution in [3.63, 3.8) is 0 Å². The van der Waals surface area contributed by atoms with Gasteiger partial charge in [-0.15, -0.1) is 11.3 Å². The first kappa shape index (κ1) is 31.3. The maximum absolute atomic E-state index is 13.4. The van der Waals surface area contributed by atoms with Gasteiger partial charge in [-0.2, -0.15) is 0 Å². The van der Waals surface area contributed by atoms with Crippen LogP contribution in [0.25, 0.3) is 11.0 Å². The highest BCUT2D eigenvalue weighted by atomic mass is 32.1. The second-order valence-corrected chi connectivity index (χ2v) is 13.0. The molecular formula is C33H41N7O4S. The van der Waals surface area contributed by atoms with Crippen LogP contribution in [0.15, 0.2) is 53.9 Å². The Kier molecular flexibility index (Phi) is 9.57. The van der Waals surface area contributed by atoms with Gasteiger partial charge in [-0.25, -0.2) is 9.97 Å². The Labute approximate surface area is 267 Å². The van der Waals surface area contributed by atoms with Gasteiger partial charge in [0.25, 0.3) is 11.8 Å².